The summed E-state index contributed by atoms with van der Waals surface area (Å²) in [4.78, 5) is 0. The van der Waals surface area contributed by atoms with Gasteiger partial charge in [-0.3, -0.25) is 0 Å². The number of hydrogen-bond acceptors (Lipinski definition) is 1. The number of nitrogens with two attached hydrogens (primary N) is 1. The normalized spacial score (nSPS) is 18.3. The molecule has 1 aliphatic rings. The summed E-state index contributed by atoms with van der Waals surface area (Å²) in [5, 5.41) is 0. The Morgan fingerprint density at radius 3 is 2.07 bits per heavy atom. The fourth-order valence-electron chi connectivity index (χ4n) is 1.43. The molecule has 0 unspecified atom stereocenters. The molecule has 1 aliphatic carbocycles. The zero-order valence-corrected chi connectivity index (χ0v) is 7.49. The van der Waals surface area contributed by atoms with Crippen LogP contribution in [0, 0.1) is 17.5 Å². The molecule has 0 radical (unpaired) electrons. The lowest BCUT2D eigenvalue weighted by Gasteiger charge is -2.10. The lowest BCUT2D eigenvalue weighted by Crippen LogP contribution is -2.25. The summed E-state index contributed by atoms with van der Waals surface area (Å²) in [6.07, 6.45) is 1.68. The molecule has 1 aromatic rings. The summed E-state index contributed by atoms with van der Waals surface area (Å²) >= 11 is 0. The lowest BCUT2D eigenvalue weighted by molar-refractivity contribution is 0.507. The van der Waals surface area contributed by atoms with E-state index >= 15 is 0 Å². The van der Waals surface area contributed by atoms with E-state index in [4.69, 9.17) is 5.73 Å². The van der Waals surface area contributed by atoms with Crippen LogP contribution in [0.3, 0.4) is 0 Å². The van der Waals surface area contributed by atoms with Crippen molar-refractivity contribution in [2.45, 2.75) is 24.8 Å². The van der Waals surface area contributed by atoms with Crippen LogP contribution in [0.4, 0.5) is 13.2 Å². The average Bonchev–Trinajstić information content (AvgIpc) is 2.77. The maximum Gasteiger partial charge on any atom is 0.132 e. The van der Waals surface area contributed by atoms with Crippen LogP contribution in [0.2, 0.25) is 0 Å². The largest absolute Gasteiger partial charge is 0.325 e. The Morgan fingerprint density at radius 1 is 1.14 bits per heavy atom. The maximum absolute atomic E-state index is 13.1. The van der Waals surface area contributed by atoms with Crippen molar-refractivity contribution in [2.75, 3.05) is 0 Å². The topological polar surface area (TPSA) is 26.0 Å². The molecule has 2 N–H and O–H groups in total. The Bertz CT molecular complexity index is 349. The van der Waals surface area contributed by atoms with Crippen molar-refractivity contribution in [2.24, 2.45) is 5.73 Å². The lowest BCUT2D eigenvalue weighted by atomic mass is 10.0. The smallest absolute Gasteiger partial charge is 0.132 e. The number of rotatable bonds is 2. The van der Waals surface area contributed by atoms with Crippen molar-refractivity contribution in [3.8, 4) is 0 Å². The molecule has 0 bridgehead atoms. The standard InChI is InChI=1S/C10H10F3N/c11-6-3-8(12)7(9(13)4-6)5-10(14)1-2-10/h3-4H,1-2,5,14H2. The first-order valence-electron chi connectivity index (χ1n) is 4.42. The molecule has 0 amide bonds. The van der Waals surface area contributed by atoms with Gasteiger partial charge in [0.05, 0.1) is 0 Å². The highest BCUT2D eigenvalue weighted by atomic mass is 19.1. The molecule has 0 saturated heterocycles. The van der Waals surface area contributed by atoms with Crippen LogP contribution in [-0.4, -0.2) is 5.54 Å². The summed E-state index contributed by atoms with van der Waals surface area (Å²) in [6.45, 7) is 0. The summed E-state index contributed by atoms with van der Waals surface area (Å²) < 4.78 is 38.8. The molecule has 4 heteroatoms. The number of hydrogen-bond donors (Lipinski definition) is 1. The van der Waals surface area contributed by atoms with E-state index < -0.39 is 23.0 Å². The van der Waals surface area contributed by atoms with E-state index in [1.165, 1.54) is 0 Å². The van der Waals surface area contributed by atoms with Gasteiger partial charge in [0.15, 0.2) is 0 Å². The van der Waals surface area contributed by atoms with Crippen LogP contribution in [0.15, 0.2) is 12.1 Å². The monoisotopic (exact) mass is 201 g/mol. The van der Waals surface area contributed by atoms with Gasteiger partial charge in [0.2, 0.25) is 0 Å². The minimum atomic E-state index is -0.898. The predicted molar refractivity (Wildman–Crippen MR) is 46.2 cm³/mol. The predicted octanol–water partition coefficient (Wildman–Crippen LogP) is 2.14. The molecular weight excluding hydrogens is 191 g/mol. The molecule has 2 rings (SSSR count). The molecule has 0 spiro atoms. The third-order valence-corrected chi connectivity index (χ3v) is 2.53. The van der Waals surface area contributed by atoms with Crippen LogP contribution in [-0.2, 0) is 6.42 Å². The zero-order valence-electron chi connectivity index (χ0n) is 7.49. The SMILES string of the molecule is NC1(Cc2c(F)cc(F)cc2F)CC1. The van der Waals surface area contributed by atoms with Gasteiger partial charge in [-0.1, -0.05) is 0 Å². The molecule has 1 saturated carbocycles. The number of halogens is 3. The van der Waals surface area contributed by atoms with E-state index in [0.29, 0.717) is 12.1 Å². The van der Waals surface area contributed by atoms with E-state index in [0.717, 1.165) is 12.8 Å². The van der Waals surface area contributed by atoms with Gasteiger partial charge in [-0.05, 0) is 19.3 Å². The second-order valence-electron chi connectivity index (χ2n) is 3.89. The van der Waals surface area contributed by atoms with E-state index in [9.17, 15) is 13.2 Å². The highest BCUT2D eigenvalue weighted by molar-refractivity contribution is 5.25. The maximum atomic E-state index is 13.1. The highest BCUT2D eigenvalue weighted by Crippen LogP contribution is 2.36. The van der Waals surface area contributed by atoms with Gasteiger partial charge in [0, 0.05) is 23.2 Å². The second-order valence-corrected chi connectivity index (χ2v) is 3.89. The highest BCUT2D eigenvalue weighted by Gasteiger charge is 2.39. The van der Waals surface area contributed by atoms with Crippen molar-refractivity contribution in [1.29, 1.82) is 0 Å². The number of benzene rings is 1. The Morgan fingerprint density at radius 2 is 1.64 bits per heavy atom. The summed E-state index contributed by atoms with van der Waals surface area (Å²) in [7, 11) is 0. The first kappa shape index (κ1) is 9.52. The quantitative estimate of drug-likeness (QED) is 0.779. The van der Waals surface area contributed by atoms with E-state index in [-0.39, 0.29) is 12.0 Å². The Kier molecular flexibility index (Phi) is 2.03. The average molecular weight is 201 g/mol. The molecule has 0 heterocycles. The van der Waals surface area contributed by atoms with Gasteiger partial charge in [0.25, 0.3) is 0 Å². The van der Waals surface area contributed by atoms with Crippen LogP contribution < -0.4 is 5.73 Å². The second kappa shape index (κ2) is 2.98. The van der Waals surface area contributed by atoms with Crippen molar-refractivity contribution in [3.63, 3.8) is 0 Å². The van der Waals surface area contributed by atoms with Crippen LogP contribution in [0.1, 0.15) is 18.4 Å². The van der Waals surface area contributed by atoms with E-state index in [2.05, 4.69) is 0 Å². The molecule has 1 aromatic carbocycles. The molecule has 14 heavy (non-hydrogen) atoms. The van der Waals surface area contributed by atoms with Gasteiger partial charge in [-0.25, -0.2) is 13.2 Å². The van der Waals surface area contributed by atoms with E-state index in [1.54, 1.807) is 0 Å². The molecule has 0 aromatic heterocycles. The summed E-state index contributed by atoms with van der Waals surface area (Å²) in [5.41, 5.74) is 5.15. The fourth-order valence-corrected chi connectivity index (χ4v) is 1.43. The Balaban J connectivity index is 2.32. The summed E-state index contributed by atoms with van der Waals surface area (Å²) in [5.74, 6) is -2.59. The zero-order chi connectivity index (χ0) is 10.3. The van der Waals surface area contributed by atoms with Crippen molar-refractivity contribution < 1.29 is 13.2 Å². The molecule has 1 fully saturated rings. The minimum absolute atomic E-state index is 0.105. The van der Waals surface area contributed by atoms with E-state index in [1.807, 2.05) is 0 Å². The molecule has 0 aliphatic heterocycles. The molecular formula is C10H10F3N. The van der Waals surface area contributed by atoms with Gasteiger partial charge in [-0.15, -0.1) is 0 Å². The molecule has 0 atom stereocenters. The van der Waals surface area contributed by atoms with Gasteiger partial charge >= 0.3 is 0 Å². The first-order chi connectivity index (χ1) is 6.50. The third-order valence-electron chi connectivity index (χ3n) is 2.53. The Hall–Kier alpha value is -1.03. The van der Waals surface area contributed by atoms with Gasteiger partial charge in [0.1, 0.15) is 17.5 Å². The van der Waals surface area contributed by atoms with Crippen molar-refractivity contribution >= 4 is 0 Å². The van der Waals surface area contributed by atoms with Gasteiger partial charge in [-0.2, -0.15) is 0 Å². The first-order valence-corrected chi connectivity index (χ1v) is 4.42. The molecule has 76 valence electrons. The van der Waals surface area contributed by atoms with Gasteiger partial charge < -0.3 is 5.73 Å². The van der Waals surface area contributed by atoms with Crippen LogP contribution >= 0.6 is 0 Å². The van der Waals surface area contributed by atoms with Crippen LogP contribution in [0.5, 0.6) is 0 Å². The van der Waals surface area contributed by atoms with Crippen LogP contribution in [0.25, 0.3) is 0 Å². The van der Waals surface area contributed by atoms with Crippen molar-refractivity contribution in [1.82, 2.24) is 0 Å². The Labute approximate surface area is 79.7 Å². The third kappa shape index (κ3) is 1.75. The van der Waals surface area contributed by atoms with Crippen molar-refractivity contribution in [3.05, 3.63) is 35.1 Å². The summed E-state index contributed by atoms with van der Waals surface area (Å²) in [6, 6.07) is 1.37. The minimum Gasteiger partial charge on any atom is -0.325 e. The fraction of sp³-hybridized carbons (Fsp3) is 0.400. The molecule has 1 nitrogen and oxygen atoms in total.